The van der Waals surface area contributed by atoms with Gasteiger partial charge in [-0.1, -0.05) is 38.1 Å². The molecule has 1 heterocycles. The number of nitrogens with zero attached hydrogens (tertiary/aromatic N) is 1. The molecule has 0 spiro atoms. The molecule has 0 aromatic heterocycles. The molecule has 0 saturated carbocycles. The summed E-state index contributed by atoms with van der Waals surface area (Å²) in [6, 6.07) is 8.85. The Kier molecular flexibility index (Phi) is 5.37. The van der Waals surface area contributed by atoms with Crippen LogP contribution in [0.3, 0.4) is 0 Å². The molecule has 1 saturated heterocycles. The zero-order valence-electron chi connectivity index (χ0n) is 12.1. The van der Waals surface area contributed by atoms with Crippen LogP contribution in [0, 0.1) is 0 Å². The van der Waals surface area contributed by atoms with Crippen molar-refractivity contribution < 1.29 is 4.74 Å². The maximum atomic E-state index is 6.32. The molecular weight excluding hydrogens is 236 g/mol. The number of benzene rings is 1. The first kappa shape index (κ1) is 14.5. The van der Waals surface area contributed by atoms with Gasteiger partial charge in [0.2, 0.25) is 0 Å². The Bertz CT molecular complexity index is 367. The molecule has 0 amide bonds. The Morgan fingerprint density at radius 2 is 1.79 bits per heavy atom. The molecule has 2 N–H and O–H groups in total. The van der Waals surface area contributed by atoms with E-state index in [-0.39, 0.29) is 6.04 Å². The number of hydrogen-bond acceptors (Lipinski definition) is 3. The summed E-state index contributed by atoms with van der Waals surface area (Å²) in [5.41, 5.74) is 8.93. The first-order chi connectivity index (χ1) is 9.16. The molecular formula is C16H26N2O. The van der Waals surface area contributed by atoms with Crippen LogP contribution < -0.4 is 5.73 Å². The fraction of sp³-hybridized carbons (Fsp3) is 0.625. The molecule has 1 aromatic carbocycles. The van der Waals surface area contributed by atoms with E-state index in [0.29, 0.717) is 5.92 Å². The van der Waals surface area contributed by atoms with Crippen molar-refractivity contribution in [3.05, 3.63) is 35.4 Å². The van der Waals surface area contributed by atoms with Crippen molar-refractivity contribution in [2.75, 3.05) is 32.8 Å². The summed E-state index contributed by atoms with van der Waals surface area (Å²) < 4.78 is 5.47. The zero-order chi connectivity index (χ0) is 13.7. The van der Waals surface area contributed by atoms with Crippen LogP contribution >= 0.6 is 0 Å². The quantitative estimate of drug-likeness (QED) is 0.906. The lowest BCUT2D eigenvalue weighted by Gasteiger charge is -2.23. The Hall–Kier alpha value is -0.900. The van der Waals surface area contributed by atoms with E-state index in [1.807, 2.05) is 0 Å². The minimum Gasteiger partial charge on any atom is -0.380 e. The Balaban J connectivity index is 1.92. The normalized spacial score (nSPS) is 19.4. The van der Waals surface area contributed by atoms with Gasteiger partial charge in [-0.25, -0.2) is 0 Å². The van der Waals surface area contributed by atoms with Gasteiger partial charge >= 0.3 is 0 Å². The van der Waals surface area contributed by atoms with Crippen LogP contribution in [0.2, 0.25) is 0 Å². The van der Waals surface area contributed by atoms with Crippen LogP contribution in [0.5, 0.6) is 0 Å². The van der Waals surface area contributed by atoms with E-state index in [0.717, 1.165) is 39.3 Å². The predicted octanol–water partition coefficient (Wildman–Crippen LogP) is 2.53. The summed E-state index contributed by atoms with van der Waals surface area (Å²) in [5.74, 6) is 0.577. The summed E-state index contributed by atoms with van der Waals surface area (Å²) in [7, 11) is 0. The van der Waals surface area contributed by atoms with Gasteiger partial charge in [0.25, 0.3) is 0 Å². The summed E-state index contributed by atoms with van der Waals surface area (Å²) in [5, 5.41) is 0. The Morgan fingerprint density at radius 3 is 2.47 bits per heavy atom. The molecule has 1 aromatic rings. The van der Waals surface area contributed by atoms with Gasteiger partial charge < -0.3 is 10.5 Å². The van der Waals surface area contributed by atoms with Crippen LogP contribution in [0.4, 0.5) is 0 Å². The molecule has 0 bridgehead atoms. The van der Waals surface area contributed by atoms with Gasteiger partial charge in [-0.3, -0.25) is 4.90 Å². The monoisotopic (exact) mass is 262 g/mol. The molecule has 19 heavy (non-hydrogen) atoms. The van der Waals surface area contributed by atoms with E-state index in [2.05, 4.69) is 43.0 Å². The van der Waals surface area contributed by atoms with Crippen molar-refractivity contribution in [1.29, 1.82) is 0 Å². The summed E-state index contributed by atoms with van der Waals surface area (Å²) in [6.07, 6.45) is 1.11. The van der Waals surface area contributed by atoms with Gasteiger partial charge in [0.15, 0.2) is 0 Å². The lowest BCUT2D eigenvalue weighted by molar-refractivity contribution is 0.140. The molecule has 2 rings (SSSR count). The Labute approximate surface area is 116 Å². The second-order valence-corrected chi connectivity index (χ2v) is 5.69. The van der Waals surface area contributed by atoms with E-state index >= 15 is 0 Å². The number of nitrogens with two attached hydrogens (primary N) is 1. The number of hydrogen-bond donors (Lipinski definition) is 1. The average Bonchev–Trinajstić information content (AvgIpc) is 2.67. The lowest BCUT2D eigenvalue weighted by atomic mass is 9.99. The highest BCUT2D eigenvalue weighted by atomic mass is 16.5. The van der Waals surface area contributed by atoms with E-state index in [9.17, 15) is 0 Å². The minimum atomic E-state index is 0.0966. The fourth-order valence-corrected chi connectivity index (χ4v) is 2.49. The largest absolute Gasteiger partial charge is 0.380 e. The first-order valence-electron chi connectivity index (χ1n) is 7.32. The van der Waals surface area contributed by atoms with Crippen molar-refractivity contribution in [3.63, 3.8) is 0 Å². The molecule has 1 unspecified atom stereocenters. The highest BCUT2D eigenvalue weighted by Crippen LogP contribution is 2.18. The summed E-state index contributed by atoms with van der Waals surface area (Å²) in [6.45, 7) is 9.16. The number of rotatable bonds is 4. The van der Waals surface area contributed by atoms with Crippen molar-refractivity contribution >= 4 is 0 Å². The minimum absolute atomic E-state index is 0.0966. The average molecular weight is 262 g/mol. The van der Waals surface area contributed by atoms with Gasteiger partial charge in [0, 0.05) is 32.3 Å². The van der Waals surface area contributed by atoms with Gasteiger partial charge in [-0.05, 0) is 23.5 Å². The second-order valence-electron chi connectivity index (χ2n) is 5.69. The van der Waals surface area contributed by atoms with Gasteiger partial charge in [0.1, 0.15) is 0 Å². The SMILES string of the molecule is CC(C)c1ccc(C(N)CN2CCCOCC2)cc1. The van der Waals surface area contributed by atoms with Gasteiger partial charge in [0.05, 0.1) is 6.61 Å². The van der Waals surface area contributed by atoms with Crippen LogP contribution in [0.25, 0.3) is 0 Å². The van der Waals surface area contributed by atoms with Crippen LogP contribution in [0.1, 0.15) is 43.4 Å². The van der Waals surface area contributed by atoms with Crippen molar-refractivity contribution in [2.45, 2.75) is 32.2 Å². The van der Waals surface area contributed by atoms with E-state index < -0.39 is 0 Å². The van der Waals surface area contributed by atoms with Crippen molar-refractivity contribution in [2.24, 2.45) is 5.73 Å². The molecule has 0 aliphatic carbocycles. The van der Waals surface area contributed by atoms with Gasteiger partial charge in [-0.2, -0.15) is 0 Å². The highest BCUT2D eigenvalue weighted by molar-refractivity contribution is 5.26. The van der Waals surface area contributed by atoms with E-state index in [4.69, 9.17) is 10.5 Å². The van der Waals surface area contributed by atoms with E-state index in [1.165, 1.54) is 11.1 Å². The van der Waals surface area contributed by atoms with Crippen molar-refractivity contribution in [1.82, 2.24) is 4.90 Å². The second kappa shape index (κ2) is 7.04. The predicted molar refractivity (Wildman–Crippen MR) is 79.3 cm³/mol. The first-order valence-corrected chi connectivity index (χ1v) is 7.32. The molecule has 0 radical (unpaired) electrons. The molecule has 1 aliphatic rings. The third kappa shape index (κ3) is 4.30. The summed E-state index contributed by atoms with van der Waals surface area (Å²) in [4.78, 5) is 2.41. The van der Waals surface area contributed by atoms with E-state index in [1.54, 1.807) is 0 Å². The molecule has 1 fully saturated rings. The molecule has 3 heteroatoms. The topological polar surface area (TPSA) is 38.5 Å². The van der Waals surface area contributed by atoms with Crippen molar-refractivity contribution in [3.8, 4) is 0 Å². The smallest absolute Gasteiger partial charge is 0.0593 e. The standard InChI is InChI=1S/C16H26N2O/c1-13(2)14-4-6-15(7-5-14)16(17)12-18-8-3-10-19-11-9-18/h4-7,13,16H,3,8-12,17H2,1-2H3. The maximum absolute atomic E-state index is 6.32. The molecule has 1 atom stereocenters. The fourth-order valence-electron chi connectivity index (χ4n) is 2.49. The Morgan fingerprint density at radius 1 is 1.11 bits per heavy atom. The molecule has 3 nitrogen and oxygen atoms in total. The lowest BCUT2D eigenvalue weighted by Crippen LogP contribution is -2.34. The number of ether oxygens (including phenoxy) is 1. The summed E-state index contributed by atoms with van der Waals surface area (Å²) >= 11 is 0. The molecule has 106 valence electrons. The maximum Gasteiger partial charge on any atom is 0.0593 e. The molecule has 1 aliphatic heterocycles. The van der Waals surface area contributed by atoms with Crippen LogP contribution in [-0.2, 0) is 4.74 Å². The third-order valence-electron chi connectivity index (χ3n) is 3.80. The van der Waals surface area contributed by atoms with Crippen LogP contribution in [0.15, 0.2) is 24.3 Å². The van der Waals surface area contributed by atoms with Gasteiger partial charge in [-0.15, -0.1) is 0 Å². The van der Waals surface area contributed by atoms with Crippen LogP contribution in [-0.4, -0.2) is 37.7 Å². The zero-order valence-corrected chi connectivity index (χ0v) is 12.1. The third-order valence-corrected chi connectivity index (χ3v) is 3.80. The highest BCUT2D eigenvalue weighted by Gasteiger charge is 2.14.